The van der Waals surface area contributed by atoms with Crippen molar-refractivity contribution >= 4 is 35.0 Å². The summed E-state index contributed by atoms with van der Waals surface area (Å²) in [7, 11) is 0. The summed E-state index contributed by atoms with van der Waals surface area (Å²) in [6, 6.07) is 32.7. The van der Waals surface area contributed by atoms with E-state index in [1.165, 1.54) is 38.3 Å². The Morgan fingerprint density at radius 3 is 1.54 bits per heavy atom. The van der Waals surface area contributed by atoms with Gasteiger partial charge in [-0.2, -0.15) is 0 Å². The molecule has 296 valence electrons. The van der Waals surface area contributed by atoms with Crippen LogP contribution in [0.25, 0.3) is 22.3 Å². The number of carbonyl (C=O) groups excluding carboxylic acids is 3. The van der Waals surface area contributed by atoms with Crippen LogP contribution in [-0.4, -0.2) is 106 Å². The Labute approximate surface area is 332 Å². The Bertz CT molecular complexity index is 1850. The maximum absolute atomic E-state index is 12.2. The van der Waals surface area contributed by atoms with Crippen molar-refractivity contribution in [3.63, 3.8) is 0 Å². The van der Waals surface area contributed by atoms with Crippen molar-refractivity contribution in [1.29, 1.82) is 0 Å². The molecule has 2 aliphatic carbocycles. The van der Waals surface area contributed by atoms with Crippen molar-refractivity contribution in [3.8, 4) is 22.3 Å². The van der Waals surface area contributed by atoms with Gasteiger partial charge in [0.15, 0.2) is 0 Å². The lowest BCUT2D eigenvalue weighted by Gasteiger charge is -2.19. The average Bonchev–Trinajstić information content (AvgIpc) is 3.69. The van der Waals surface area contributed by atoms with Gasteiger partial charge in [0.05, 0.1) is 32.9 Å². The molecule has 4 aromatic rings. The molecule has 56 heavy (non-hydrogen) atoms. The number of alkyl carbamates (subject to hydrolysis) is 1. The van der Waals surface area contributed by atoms with Crippen LogP contribution in [0, 0.1) is 0 Å². The second kappa shape index (κ2) is 21.7. The predicted octanol–water partition coefficient (Wildman–Crippen LogP) is 6.65. The first-order valence-electron chi connectivity index (χ1n) is 18.7. The average molecular weight is 786 g/mol. The van der Waals surface area contributed by atoms with Crippen LogP contribution in [0.4, 0.5) is 9.59 Å². The van der Waals surface area contributed by atoms with E-state index >= 15 is 0 Å². The highest BCUT2D eigenvalue weighted by Crippen LogP contribution is 2.45. The molecular weight excluding hydrogens is 738 g/mol. The highest BCUT2D eigenvalue weighted by atomic mass is 35.5. The van der Waals surface area contributed by atoms with Crippen LogP contribution >= 0.6 is 11.6 Å². The van der Waals surface area contributed by atoms with Crippen LogP contribution in [0.2, 0.25) is 0 Å². The molecule has 0 atom stereocenters. The van der Waals surface area contributed by atoms with Crippen molar-refractivity contribution < 1.29 is 43.2 Å². The number of rotatable bonds is 19. The Kier molecular flexibility index (Phi) is 16.2. The lowest BCUT2D eigenvalue weighted by molar-refractivity contribution is -0.139. The third-order valence-electron chi connectivity index (χ3n) is 9.38. The Balaban J connectivity index is 0.000000275. The summed E-state index contributed by atoms with van der Waals surface area (Å²) in [6.45, 7) is 4.56. The molecule has 2 amide bonds. The van der Waals surface area contributed by atoms with Gasteiger partial charge in [-0.05, 0) is 50.9 Å². The summed E-state index contributed by atoms with van der Waals surface area (Å²) in [5, 5.41) is 14.5. The lowest BCUT2D eigenvalue weighted by atomic mass is 9.98. The molecule has 3 N–H and O–H groups in total. The molecule has 0 heterocycles. The highest BCUT2D eigenvalue weighted by molar-refractivity contribution is 6.61. The van der Waals surface area contributed by atoms with Gasteiger partial charge in [0.1, 0.15) is 13.2 Å². The topological polar surface area (TPSA) is 153 Å². The molecule has 0 spiro atoms. The number of ether oxygens (including phenoxy) is 4. The third kappa shape index (κ3) is 11.9. The molecule has 0 fully saturated rings. The third-order valence-corrected chi connectivity index (χ3v) is 9.49. The van der Waals surface area contributed by atoms with Gasteiger partial charge >= 0.3 is 17.5 Å². The monoisotopic (exact) mass is 785 g/mol. The fraction of sp³-hybridized carbons (Fsp3) is 0.349. The Hall–Kier alpha value is -5.27. The summed E-state index contributed by atoms with van der Waals surface area (Å²) >= 11 is 5.25. The summed E-state index contributed by atoms with van der Waals surface area (Å²) in [5.74, 6) is -1.23. The number of fused-ring (bicyclic) bond motifs is 6. The summed E-state index contributed by atoms with van der Waals surface area (Å²) in [6.07, 6.45) is 0.379. The van der Waals surface area contributed by atoms with Crippen molar-refractivity contribution in [2.24, 2.45) is 0 Å². The van der Waals surface area contributed by atoms with E-state index in [0.29, 0.717) is 19.8 Å². The number of nitrogens with one attached hydrogen (secondary N) is 2. The number of amides is 2. The molecule has 0 aliphatic heterocycles. The molecule has 4 aromatic carbocycles. The number of benzene rings is 4. The van der Waals surface area contributed by atoms with E-state index in [0.717, 1.165) is 17.5 Å². The minimum absolute atomic E-state index is 0.00862. The van der Waals surface area contributed by atoms with E-state index in [9.17, 15) is 19.2 Å². The van der Waals surface area contributed by atoms with Crippen molar-refractivity contribution in [1.82, 2.24) is 15.5 Å². The van der Waals surface area contributed by atoms with Gasteiger partial charge in [0, 0.05) is 49.7 Å². The molecule has 0 bridgehead atoms. The predicted molar refractivity (Wildman–Crippen MR) is 213 cm³/mol. The standard InChI is InChI=1S/C28H37N3O7.C15H11ClO2/c1-2-14-36-15-11-29-26(32)18-31(19-27(33)34)13-17-37-16-12-30-28(35)38-20-25-23-9-5-3-7-21(23)22-8-4-6-10-24(22)25;16-15(17)18-9-14-12-7-3-1-5-10(12)11-6-2-4-8-13(11)14/h3-10,25H,2,11-20H2,1H3,(H,29,32)(H,30,35)(H,33,34);1-8,14H,9H2. The van der Waals surface area contributed by atoms with Gasteiger partial charge < -0.3 is 34.7 Å². The number of aliphatic carboxylic acids is 1. The fourth-order valence-electron chi connectivity index (χ4n) is 6.93. The summed E-state index contributed by atoms with van der Waals surface area (Å²) in [5.41, 5.74) is 8.68. The number of carboxylic acid groups (broad SMARTS) is 1. The minimum Gasteiger partial charge on any atom is -0.480 e. The zero-order valence-electron chi connectivity index (χ0n) is 31.4. The van der Waals surface area contributed by atoms with E-state index < -0.39 is 17.5 Å². The van der Waals surface area contributed by atoms with Gasteiger partial charge in [-0.15, -0.1) is 0 Å². The molecule has 12 nitrogen and oxygen atoms in total. The number of carbonyl (C=O) groups is 4. The SMILES string of the molecule is CCCOCCNC(=O)CN(CCOCCNC(=O)OCC1c2ccccc2-c2ccccc21)CC(=O)O.O=C(Cl)OCC1c2ccccc2-c2ccccc21. The molecule has 6 rings (SSSR count). The Morgan fingerprint density at radius 1 is 0.625 bits per heavy atom. The zero-order chi connectivity index (χ0) is 39.7. The van der Waals surface area contributed by atoms with Gasteiger partial charge in [-0.3, -0.25) is 14.5 Å². The minimum atomic E-state index is -1.03. The second-order valence-corrected chi connectivity index (χ2v) is 13.5. The number of hydrogen-bond donors (Lipinski definition) is 3. The lowest BCUT2D eigenvalue weighted by Crippen LogP contribution is -2.42. The number of hydrogen-bond acceptors (Lipinski definition) is 9. The van der Waals surface area contributed by atoms with Crippen LogP contribution in [0.1, 0.15) is 47.4 Å². The smallest absolute Gasteiger partial charge is 0.407 e. The number of carboxylic acids is 1. The second-order valence-electron chi connectivity index (χ2n) is 13.2. The first-order chi connectivity index (χ1) is 27.3. The first-order valence-corrected chi connectivity index (χ1v) is 19.1. The Morgan fingerprint density at radius 2 is 1.07 bits per heavy atom. The highest BCUT2D eigenvalue weighted by Gasteiger charge is 2.30. The van der Waals surface area contributed by atoms with Gasteiger partial charge in [-0.25, -0.2) is 9.59 Å². The quantitative estimate of drug-likeness (QED) is 0.0697. The molecule has 2 aliphatic rings. The van der Waals surface area contributed by atoms with Crippen LogP contribution in [0.3, 0.4) is 0 Å². The molecular formula is C43H48ClN3O9. The molecule has 0 unspecified atom stereocenters. The molecule has 0 saturated heterocycles. The van der Waals surface area contributed by atoms with Crippen molar-refractivity contribution in [2.45, 2.75) is 25.2 Å². The molecule has 0 saturated carbocycles. The van der Waals surface area contributed by atoms with Crippen LogP contribution in [0.15, 0.2) is 97.1 Å². The van der Waals surface area contributed by atoms with Crippen molar-refractivity contribution in [2.75, 3.05) is 72.4 Å². The molecule has 13 heteroatoms. The maximum Gasteiger partial charge on any atom is 0.407 e. The molecule has 0 radical (unpaired) electrons. The van der Waals surface area contributed by atoms with E-state index in [-0.39, 0.29) is 70.3 Å². The molecule has 0 aromatic heterocycles. The fourth-order valence-corrected chi connectivity index (χ4v) is 6.99. The van der Waals surface area contributed by atoms with Crippen LogP contribution < -0.4 is 10.6 Å². The summed E-state index contributed by atoms with van der Waals surface area (Å²) in [4.78, 5) is 47.7. The largest absolute Gasteiger partial charge is 0.480 e. The zero-order valence-corrected chi connectivity index (χ0v) is 32.2. The van der Waals surface area contributed by atoms with Crippen LogP contribution in [-0.2, 0) is 28.5 Å². The van der Waals surface area contributed by atoms with E-state index in [4.69, 9.17) is 35.7 Å². The van der Waals surface area contributed by atoms with Gasteiger partial charge in [0.25, 0.3) is 0 Å². The maximum atomic E-state index is 12.2. The van der Waals surface area contributed by atoms with E-state index in [1.807, 2.05) is 55.5 Å². The van der Waals surface area contributed by atoms with E-state index in [2.05, 4.69) is 59.2 Å². The van der Waals surface area contributed by atoms with Gasteiger partial charge in [-0.1, -0.05) is 104 Å². The normalized spacial score (nSPS) is 12.4. The van der Waals surface area contributed by atoms with E-state index in [1.54, 1.807) is 0 Å². The number of halogens is 1. The van der Waals surface area contributed by atoms with Crippen molar-refractivity contribution in [3.05, 3.63) is 119 Å². The van der Waals surface area contributed by atoms with Crippen LogP contribution in [0.5, 0.6) is 0 Å². The number of nitrogens with zero attached hydrogens (tertiary/aromatic N) is 1. The first kappa shape index (κ1) is 41.9. The summed E-state index contributed by atoms with van der Waals surface area (Å²) < 4.78 is 21.3. The van der Waals surface area contributed by atoms with Gasteiger partial charge in [0.2, 0.25) is 5.91 Å².